The molecule has 5 heterocycles. The number of piperazine rings is 1. The molecular formula is C17H16N8. The molecule has 0 aliphatic carbocycles. The van der Waals surface area contributed by atoms with Crippen molar-refractivity contribution in [3.63, 3.8) is 0 Å². The lowest BCUT2D eigenvalue weighted by molar-refractivity contribution is 0.637. The van der Waals surface area contributed by atoms with Crippen LogP contribution in [0.3, 0.4) is 0 Å². The van der Waals surface area contributed by atoms with Gasteiger partial charge in [-0.05, 0) is 18.2 Å². The van der Waals surface area contributed by atoms with Gasteiger partial charge in [0.15, 0.2) is 5.65 Å². The largest absolute Gasteiger partial charge is 0.352 e. The van der Waals surface area contributed by atoms with E-state index in [1.165, 1.54) is 0 Å². The van der Waals surface area contributed by atoms with Gasteiger partial charge in [0.2, 0.25) is 0 Å². The summed E-state index contributed by atoms with van der Waals surface area (Å²) in [6, 6.07) is 6.01. The third-order valence-corrected chi connectivity index (χ3v) is 4.56. The van der Waals surface area contributed by atoms with Crippen molar-refractivity contribution in [2.24, 2.45) is 0 Å². The van der Waals surface area contributed by atoms with Crippen molar-refractivity contribution in [2.45, 2.75) is 0 Å². The van der Waals surface area contributed by atoms with Crippen molar-refractivity contribution < 1.29 is 0 Å². The zero-order valence-electron chi connectivity index (χ0n) is 13.5. The molecule has 0 radical (unpaired) electrons. The SMILES string of the molecule is c1cc2c(N3CCN(c4ccc5nccn5n4)CC3)ncnc2cn1. The molecule has 0 spiro atoms. The van der Waals surface area contributed by atoms with Crippen molar-refractivity contribution in [1.82, 2.24) is 29.5 Å². The fraction of sp³-hybridized carbons (Fsp3) is 0.235. The Morgan fingerprint density at radius 1 is 0.840 bits per heavy atom. The van der Waals surface area contributed by atoms with Crippen LogP contribution in [0.15, 0.2) is 49.3 Å². The van der Waals surface area contributed by atoms with Crippen molar-refractivity contribution in [1.29, 1.82) is 0 Å². The molecule has 25 heavy (non-hydrogen) atoms. The van der Waals surface area contributed by atoms with E-state index in [9.17, 15) is 0 Å². The molecule has 1 saturated heterocycles. The second-order valence-corrected chi connectivity index (χ2v) is 5.99. The highest BCUT2D eigenvalue weighted by molar-refractivity contribution is 5.88. The highest BCUT2D eigenvalue weighted by Crippen LogP contribution is 2.24. The summed E-state index contributed by atoms with van der Waals surface area (Å²) in [4.78, 5) is 21.8. The summed E-state index contributed by atoms with van der Waals surface area (Å²) in [5.41, 5.74) is 1.74. The molecule has 8 heteroatoms. The summed E-state index contributed by atoms with van der Waals surface area (Å²) in [5, 5.41) is 5.68. The molecule has 0 saturated carbocycles. The summed E-state index contributed by atoms with van der Waals surface area (Å²) < 4.78 is 1.81. The van der Waals surface area contributed by atoms with Gasteiger partial charge in [-0.1, -0.05) is 0 Å². The van der Waals surface area contributed by atoms with Crippen LogP contribution in [0, 0.1) is 0 Å². The van der Waals surface area contributed by atoms with E-state index in [4.69, 9.17) is 0 Å². The van der Waals surface area contributed by atoms with Crippen molar-refractivity contribution >= 4 is 28.2 Å². The Morgan fingerprint density at radius 2 is 1.72 bits per heavy atom. The summed E-state index contributed by atoms with van der Waals surface area (Å²) in [7, 11) is 0. The van der Waals surface area contributed by atoms with Gasteiger partial charge >= 0.3 is 0 Å². The van der Waals surface area contributed by atoms with Crippen LogP contribution in [-0.2, 0) is 0 Å². The fourth-order valence-corrected chi connectivity index (χ4v) is 3.27. The highest BCUT2D eigenvalue weighted by atomic mass is 15.4. The normalized spacial score (nSPS) is 15.2. The summed E-state index contributed by atoms with van der Waals surface area (Å²) in [6.07, 6.45) is 8.81. The van der Waals surface area contributed by atoms with Crippen LogP contribution in [0.2, 0.25) is 0 Å². The molecule has 1 fully saturated rings. The van der Waals surface area contributed by atoms with E-state index >= 15 is 0 Å². The first-order chi connectivity index (χ1) is 12.4. The number of pyridine rings is 1. The van der Waals surface area contributed by atoms with Gasteiger partial charge in [-0.15, -0.1) is 5.10 Å². The lowest BCUT2D eigenvalue weighted by atomic mass is 10.2. The Kier molecular flexibility index (Phi) is 3.19. The van der Waals surface area contributed by atoms with Crippen LogP contribution in [0.4, 0.5) is 11.6 Å². The predicted octanol–water partition coefficient (Wildman–Crippen LogP) is 1.39. The molecule has 0 atom stereocenters. The average Bonchev–Trinajstić information content (AvgIpc) is 3.15. The first-order valence-corrected chi connectivity index (χ1v) is 8.23. The molecule has 4 aromatic heterocycles. The second-order valence-electron chi connectivity index (χ2n) is 5.99. The molecule has 1 aliphatic rings. The second kappa shape index (κ2) is 5.66. The molecule has 4 aromatic rings. The van der Waals surface area contributed by atoms with E-state index in [0.717, 1.165) is 54.4 Å². The molecule has 8 nitrogen and oxygen atoms in total. The molecule has 1 aliphatic heterocycles. The molecule has 0 bridgehead atoms. The number of fused-ring (bicyclic) bond motifs is 2. The van der Waals surface area contributed by atoms with Crippen LogP contribution < -0.4 is 9.80 Å². The van der Waals surface area contributed by atoms with Crippen molar-refractivity contribution in [3.05, 3.63) is 49.3 Å². The van der Waals surface area contributed by atoms with Gasteiger partial charge in [0.25, 0.3) is 0 Å². The maximum absolute atomic E-state index is 4.63. The topological polar surface area (TPSA) is 75.3 Å². The average molecular weight is 332 g/mol. The van der Waals surface area contributed by atoms with E-state index in [1.807, 2.05) is 28.9 Å². The third-order valence-electron chi connectivity index (χ3n) is 4.56. The third kappa shape index (κ3) is 2.42. The summed E-state index contributed by atoms with van der Waals surface area (Å²) >= 11 is 0. The number of hydrogen-bond donors (Lipinski definition) is 0. The maximum Gasteiger partial charge on any atom is 0.153 e. The van der Waals surface area contributed by atoms with Crippen LogP contribution in [0.5, 0.6) is 0 Å². The first kappa shape index (κ1) is 14.1. The van der Waals surface area contributed by atoms with E-state index in [0.29, 0.717) is 0 Å². The molecule has 0 amide bonds. The van der Waals surface area contributed by atoms with Gasteiger partial charge in [0.05, 0.1) is 11.7 Å². The van der Waals surface area contributed by atoms with E-state index in [2.05, 4.69) is 34.8 Å². The Balaban J connectivity index is 1.38. The minimum Gasteiger partial charge on any atom is -0.352 e. The molecule has 5 rings (SSSR count). The predicted molar refractivity (Wildman–Crippen MR) is 94.7 cm³/mol. The van der Waals surface area contributed by atoms with Gasteiger partial charge < -0.3 is 9.80 Å². The monoisotopic (exact) mass is 332 g/mol. The zero-order valence-corrected chi connectivity index (χ0v) is 13.5. The Bertz CT molecular complexity index is 1030. The minimum atomic E-state index is 0.864. The quantitative estimate of drug-likeness (QED) is 0.549. The standard InChI is InChI=1S/C17H16N8/c1-2-16(22-25-6-5-19-15(1)25)23-7-9-24(10-8-23)17-13-3-4-18-11-14(13)20-12-21-17/h1-6,11-12H,7-10H2. The molecule has 0 aromatic carbocycles. The molecule has 124 valence electrons. The van der Waals surface area contributed by atoms with Crippen molar-refractivity contribution in [3.8, 4) is 0 Å². The van der Waals surface area contributed by atoms with Gasteiger partial charge in [-0.25, -0.2) is 19.5 Å². The lowest BCUT2D eigenvalue weighted by Crippen LogP contribution is -2.47. The van der Waals surface area contributed by atoms with Crippen LogP contribution in [0.25, 0.3) is 16.6 Å². The first-order valence-electron chi connectivity index (χ1n) is 8.23. The van der Waals surface area contributed by atoms with E-state index in [-0.39, 0.29) is 0 Å². The van der Waals surface area contributed by atoms with Crippen molar-refractivity contribution in [2.75, 3.05) is 36.0 Å². The number of rotatable bonds is 2. The molecule has 0 unspecified atom stereocenters. The molecule has 0 N–H and O–H groups in total. The number of aromatic nitrogens is 6. The number of anilines is 2. The summed E-state index contributed by atoms with van der Waals surface area (Å²) in [5.74, 6) is 1.95. The number of nitrogens with zero attached hydrogens (tertiary/aromatic N) is 8. The highest BCUT2D eigenvalue weighted by Gasteiger charge is 2.21. The number of imidazole rings is 1. The van der Waals surface area contributed by atoms with Gasteiger partial charge in [-0.3, -0.25) is 4.98 Å². The molecular weight excluding hydrogens is 316 g/mol. The maximum atomic E-state index is 4.63. The Labute approximate surface area is 143 Å². The lowest BCUT2D eigenvalue weighted by Gasteiger charge is -2.36. The van der Waals surface area contributed by atoms with Crippen LogP contribution in [0.1, 0.15) is 0 Å². The smallest absolute Gasteiger partial charge is 0.153 e. The van der Waals surface area contributed by atoms with Gasteiger partial charge in [-0.2, -0.15) is 0 Å². The number of hydrogen-bond acceptors (Lipinski definition) is 7. The van der Waals surface area contributed by atoms with Gasteiger partial charge in [0, 0.05) is 50.2 Å². The Hall–Kier alpha value is -3.29. The van der Waals surface area contributed by atoms with Gasteiger partial charge in [0.1, 0.15) is 18.0 Å². The van der Waals surface area contributed by atoms with Crippen LogP contribution in [-0.4, -0.2) is 55.7 Å². The summed E-state index contributed by atoms with van der Waals surface area (Å²) in [6.45, 7) is 3.56. The van der Waals surface area contributed by atoms with Crippen LogP contribution >= 0.6 is 0 Å². The zero-order chi connectivity index (χ0) is 16.6. The minimum absolute atomic E-state index is 0.864. The fourth-order valence-electron chi connectivity index (χ4n) is 3.27. The van der Waals surface area contributed by atoms with E-state index < -0.39 is 0 Å². The Morgan fingerprint density at radius 3 is 2.64 bits per heavy atom. The van der Waals surface area contributed by atoms with E-state index in [1.54, 1.807) is 24.9 Å².